The Kier molecular flexibility index (Phi) is 63.0. The van der Waals surface area contributed by atoms with Crippen LogP contribution in [0.25, 0.3) is 0 Å². The fraction of sp³-hybridized carbons (Fsp3) is 0.643. The minimum atomic E-state index is -0.394. The molecule has 0 aliphatic carbocycles. The Morgan fingerprint density at radius 2 is 1.05 bits per heavy atom. The summed E-state index contributed by atoms with van der Waals surface area (Å²) in [6.45, 7) is 25.5. The van der Waals surface area contributed by atoms with Gasteiger partial charge in [0, 0.05) is 6.61 Å². The number of rotatable bonds is 21. The predicted molar refractivity (Wildman–Crippen MR) is 154 cm³/mol. The number of ether oxygens (including phenoxy) is 5. The van der Waals surface area contributed by atoms with Crippen molar-refractivity contribution in [2.45, 2.75) is 32.5 Å². The van der Waals surface area contributed by atoms with Crippen LogP contribution in [0.4, 0.5) is 0 Å². The average molecular weight is 553 g/mol. The monoisotopic (exact) mass is 552 g/mol. The van der Waals surface area contributed by atoms with E-state index in [0.29, 0.717) is 65.9 Å². The second-order valence-corrected chi connectivity index (χ2v) is 6.88. The van der Waals surface area contributed by atoms with Gasteiger partial charge in [-0.3, -0.25) is 0 Å². The Hall–Kier alpha value is -1.70. The van der Waals surface area contributed by atoms with Crippen LogP contribution in [0.5, 0.6) is 0 Å². The van der Waals surface area contributed by atoms with Crippen molar-refractivity contribution in [3.05, 3.63) is 63.3 Å². The molecule has 0 aromatic carbocycles. The van der Waals surface area contributed by atoms with E-state index in [4.69, 9.17) is 49.2 Å². The van der Waals surface area contributed by atoms with Gasteiger partial charge in [-0.25, -0.2) is 0 Å². The molecule has 0 radical (unpaired) electrons. The van der Waals surface area contributed by atoms with Crippen LogP contribution in [0.1, 0.15) is 20.3 Å². The first-order valence-corrected chi connectivity index (χ1v) is 12.4. The Morgan fingerprint density at radius 1 is 0.579 bits per heavy atom. The normalized spacial score (nSPS) is 10.7. The average Bonchev–Trinajstić information content (AvgIpc) is 2.91. The Morgan fingerprint density at radius 3 is 1.42 bits per heavy atom. The maximum atomic E-state index is 8.77. The van der Waals surface area contributed by atoms with Crippen LogP contribution in [0, 0.1) is 0 Å². The molecule has 0 fully saturated rings. The lowest BCUT2D eigenvalue weighted by Crippen LogP contribution is -2.17. The molecule has 2 atom stereocenters. The van der Waals surface area contributed by atoms with Gasteiger partial charge in [-0.1, -0.05) is 30.4 Å². The van der Waals surface area contributed by atoms with Crippen LogP contribution in [-0.4, -0.2) is 124 Å². The van der Waals surface area contributed by atoms with Gasteiger partial charge in [-0.15, -0.1) is 32.9 Å². The van der Waals surface area contributed by atoms with Crippen molar-refractivity contribution >= 4 is 0 Å². The second-order valence-electron chi connectivity index (χ2n) is 6.88. The minimum absolute atomic E-state index is 0.0436. The van der Waals surface area contributed by atoms with Gasteiger partial charge in [-0.05, 0) is 20.3 Å². The number of aliphatic hydroxyl groups excluding tert-OH is 5. The molecule has 38 heavy (non-hydrogen) atoms. The number of hydrogen-bond donors (Lipinski definition) is 5. The van der Waals surface area contributed by atoms with E-state index in [-0.39, 0.29) is 32.5 Å². The first-order chi connectivity index (χ1) is 18.3. The summed E-state index contributed by atoms with van der Waals surface area (Å²) < 4.78 is 25.1. The quantitative estimate of drug-likeness (QED) is 0.106. The van der Waals surface area contributed by atoms with Gasteiger partial charge in [-0.2, -0.15) is 0 Å². The zero-order valence-electron chi connectivity index (χ0n) is 23.8. The summed E-state index contributed by atoms with van der Waals surface area (Å²) in [7, 11) is 0. The van der Waals surface area contributed by atoms with E-state index in [9.17, 15) is 0 Å². The molecule has 5 N–H and O–H groups in total. The largest absolute Gasteiger partial charge is 0.396 e. The topological polar surface area (TPSA) is 147 Å². The highest BCUT2D eigenvalue weighted by Crippen LogP contribution is 1.91. The van der Waals surface area contributed by atoms with Crippen molar-refractivity contribution in [1.82, 2.24) is 0 Å². The van der Waals surface area contributed by atoms with Crippen molar-refractivity contribution in [1.29, 1.82) is 0 Å². The summed E-state index contributed by atoms with van der Waals surface area (Å²) in [6, 6.07) is 0. The van der Waals surface area contributed by atoms with Gasteiger partial charge in [0.2, 0.25) is 0 Å². The lowest BCUT2D eigenvalue weighted by Gasteiger charge is -2.11. The van der Waals surface area contributed by atoms with Crippen LogP contribution in [-0.2, 0) is 23.7 Å². The molecule has 0 aromatic heterocycles. The van der Waals surface area contributed by atoms with Crippen LogP contribution < -0.4 is 0 Å². The lowest BCUT2D eigenvalue weighted by molar-refractivity contribution is -0.0123. The van der Waals surface area contributed by atoms with E-state index in [1.165, 1.54) is 6.08 Å². The van der Waals surface area contributed by atoms with Gasteiger partial charge in [0.05, 0.1) is 91.5 Å². The van der Waals surface area contributed by atoms with Gasteiger partial charge in [0.15, 0.2) is 0 Å². The maximum absolute atomic E-state index is 8.77. The first kappa shape index (κ1) is 46.2. The van der Waals surface area contributed by atoms with Crippen LogP contribution >= 0.6 is 0 Å². The summed E-state index contributed by atoms with van der Waals surface area (Å²) in [5.41, 5.74) is 0. The minimum Gasteiger partial charge on any atom is -0.396 e. The Bertz CT molecular complexity index is 445. The fourth-order valence-electron chi connectivity index (χ4n) is 1.48. The zero-order chi connectivity index (χ0) is 30.1. The molecule has 10 nitrogen and oxygen atoms in total. The molecule has 228 valence electrons. The molecule has 2 unspecified atom stereocenters. The molecule has 0 saturated heterocycles. The molecule has 0 aliphatic rings. The highest BCUT2D eigenvalue weighted by Gasteiger charge is 1.99. The van der Waals surface area contributed by atoms with Crippen molar-refractivity contribution in [2.24, 2.45) is 0 Å². The molecule has 0 heterocycles. The summed E-state index contributed by atoms with van der Waals surface area (Å²) >= 11 is 0. The Balaban J connectivity index is -0.000000126. The van der Waals surface area contributed by atoms with E-state index < -0.39 is 6.10 Å². The third-order valence-electron chi connectivity index (χ3n) is 2.98. The molecule has 0 bridgehead atoms. The molecule has 0 saturated carbocycles. The predicted octanol–water partition coefficient (Wildman–Crippen LogP) is 2.07. The van der Waals surface area contributed by atoms with Gasteiger partial charge >= 0.3 is 0 Å². The maximum Gasteiger partial charge on any atom is 0.0781 e. The summed E-state index contributed by atoms with van der Waals surface area (Å²) in [4.78, 5) is 0. The summed E-state index contributed by atoms with van der Waals surface area (Å²) in [5, 5.41) is 41.1. The number of hydrogen-bond acceptors (Lipinski definition) is 10. The van der Waals surface area contributed by atoms with Crippen LogP contribution in [0.3, 0.4) is 0 Å². The summed E-state index contributed by atoms with van der Waals surface area (Å²) in [6.07, 6.45) is 8.50. The lowest BCUT2D eigenvalue weighted by atomic mass is 10.4. The first-order valence-electron chi connectivity index (χ1n) is 12.4. The van der Waals surface area contributed by atoms with Gasteiger partial charge < -0.3 is 49.2 Å². The molecular weight excluding hydrogens is 496 g/mol. The third kappa shape index (κ3) is 76.5. The smallest absolute Gasteiger partial charge is 0.0781 e. The van der Waals surface area contributed by atoms with Crippen molar-refractivity contribution in [3.8, 4) is 0 Å². The SMILES string of the molecule is C=CCCO.C=CCO.C=CCOCC(C)OCCO.C=CCOCCO.C=CCOCCOCC(C)O. The van der Waals surface area contributed by atoms with Crippen molar-refractivity contribution in [3.63, 3.8) is 0 Å². The van der Waals surface area contributed by atoms with Gasteiger partial charge in [0.1, 0.15) is 0 Å². The fourth-order valence-corrected chi connectivity index (χ4v) is 1.48. The highest BCUT2D eigenvalue weighted by atomic mass is 16.5. The molecule has 0 aromatic rings. The molecule has 0 amide bonds. The van der Waals surface area contributed by atoms with E-state index in [1.54, 1.807) is 31.2 Å². The Labute approximate surface area is 231 Å². The number of aliphatic hydroxyl groups is 5. The van der Waals surface area contributed by atoms with E-state index in [2.05, 4.69) is 32.9 Å². The van der Waals surface area contributed by atoms with E-state index >= 15 is 0 Å². The van der Waals surface area contributed by atoms with Crippen LogP contribution in [0.15, 0.2) is 63.3 Å². The molecule has 10 heteroatoms. The van der Waals surface area contributed by atoms with Crippen LogP contribution in [0.2, 0.25) is 0 Å². The molecular formula is C28H56O10. The molecule has 0 aliphatic heterocycles. The van der Waals surface area contributed by atoms with Crippen molar-refractivity contribution in [2.75, 3.05) is 85.9 Å². The molecule has 0 spiro atoms. The van der Waals surface area contributed by atoms with Crippen molar-refractivity contribution < 1.29 is 49.2 Å². The van der Waals surface area contributed by atoms with Gasteiger partial charge in [0.25, 0.3) is 0 Å². The third-order valence-corrected chi connectivity index (χ3v) is 2.98. The highest BCUT2D eigenvalue weighted by molar-refractivity contribution is 4.65. The second kappa shape index (κ2) is 51.9. The molecule has 0 rings (SSSR count). The van der Waals surface area contributed by atoms with E-state index in [0.717, 1.165) is 0 Å². The summed E-state index contributed by atoms with van der Waals surface area (Å²) in [5.74, 6) is 0. The zero-order valence-corrected chi connectivity index (χ0v) is 23.8. The van der Waals surface area contributed by atoms with E-state index in [1.807, 2.05) is 6.92 Å². The standard InChI is InChI=1S/2C8H16O3.C5H10O2.C4H8O.C3H6O/c1-3-5-10-7-8(2)11-6-4-9;1-3-4-10-5-6-11-7-8(2)9;1-2-4-7-5-3-6;1-2-3-4-5;1-2-3-4/h2*3,8-9H,1,4-7H2,2H3;2,6H,1,3-5H2;2,5H,1,3-4H2;2,4H,1,3H2.